The van der Waals surface area contributed by atoms with Gasteiger partial charge in [-0.2, -0.15) is 0 Å². The van der Waals surface area contributed by atoms with Gasteiger partial charge in [-0.15, -0.1) is 12.4 Å². The van der Waals surface area contributed by atoms with Crippen LogP contribution in [0.25, 0.3) is 0 Å². The monoisotopic (exact) mass is 298 g/mol. The summed E-state index contributed by atoms with van der Waals surface area (Å²) in [4.78, 5) is 14.0. The van der Waals surface area contributed by atoms with Gasteiger partial charge >= 0.3 is 0 Å². The van der Waals surface area contributed by atoms with E-state index in [0.717, 1.165) is 32.2 Å². The summed E-state index contributed by atoms with van der Waals surface area (Å²) in [7, 11) is 0. The van der Waals surface area contributed by atoms with Crippen molar-refractivity contribution in [3.8, 4) is 0 Å². The second-order valence-electron chi connectivity index (χ2n) is 4.92. The Labute approximate surface area is 128 Å². The summed E-state index contributed by atoms with van der Waals surface area (Å²) < 4.78 is 0. The summed E-state index contributed by atoms with van der Waals surface area (Å²) in [5.41, 5.74) is 6.82. The largest absolute Gasteiger partial charge is 0.338 e. The lowest BCUT2D eigenvalue weighted by Gasteiger charge is -2.31. The predicted molar refractivity (Wildman–Crippen MR) is 87.1 cm³/mol. The summed E-state index contributed by atoms with van der Waals surface area (Å²) in [5.74, 6) is 0.0660. The Balaban J connectivity index is 0.00000361. The number of hydrogen-bond acceptors (Lipinski definition) is 2. The third-order valence-corrected chi connectivity index (χ3v) is 3.34. The van der Waals surface area contributed by atoms with E-state index in [0.29, 0.717) is 0 Å². The Hall–Kier alpha value is -1.06. The molecule has 3 nitrogen and oxygen atoms in total. The van der Waals surface area contributed by atoms with E-state index in [4.69, 9.17) is 5.73 Å². The maximum atomic E-state index is 12.0. The summed E-state index contributed by atoms with van der Waals surface area (Å²) in [5, 5.41) is 0. The van der Waals surface area contributed by atoms with Crippen molar-refractivity contribution in [2.24, 2.45) is 5.73 Å². The maximum Gasteiger partial charge on any atom is 0.236 e. The fraction of sp³-hybridized carbons (Fsp3) is 0.562. The molecule has 0 heterocycles. The Kier molecular flexibility index (Phi) is 10.1. The average Bonchev–Trinajstić information content (AvgIpc) is 2.45. The van der Waals surface area contributed by atoms with E-state index in [2.05, 4.69) is 26.0 Å². The van der Waals surface area contributed by atoms with Crippen LogP contribution in [0.15, 0.2) is 30.3 Å². The fourth-order valence-electron chi connectivity index (χ4n) is 2.46. The van der Waals surface area contributed by atoms with E-state index in [1.807, 2.05) is 23.1 Å². The molecule has 0 radical (unpaired) electrons. The molecule has 0 aliphatic heterocycles. The van der Waals surface area contributed by atoms with Crippen molar-refractivity contribution in [2.45, 2.75) is 45.6 Å². The van der Waals surface area contributed by atoms with Crippen molar-refractivity contribution in [3.05, 3.63) is 35.9 Å². The van der Waals surface area contributed by atoms with E-state index >= 15 is 0 Å². The van der Waals surface area contributed by atoms with Gasteiger partial charge in [0.15, 0.2) is 0 Å². The molecule has 2 N–H and O–H groups in total. The predicted octanol–water partition coefficient (Wildman–Crippen LogP) is 3.02. The van der Waals surface area contributed by atoms with Crippen molar-refractivity contribution in [1.82, 2.24) is 4.90 Å². The maximum absolute atomic E-state index is 12.0. The van der Waals surface area contributed by atoms with E-state index in [1.165, 1.54) is 5.56 Å². The van der Waals surface area contributed by atoms with E-state index in [1.54, 1.807) is 0 Å². The third kappa shape index (κ3) is 5.93. The highest BCUT2D eigenvalue weighted by Gasteiger charge is 2.21. The molecule has 1 unspecified atom stereocenters. The Bertz CT molecular complexity index is 370. The van der Waals surface area contributed by atoms with Crippen LogP contribution >= 0.6 is 12.4 Å². The molecule has 20 heavy (non-hydrogen) atoms. The number of benzene rings is 1. The molecule has 0 bridgehead atoms. The number of nitrogens with zero attached hydrogens (tertiary/aromatic N) is 1. The van der Waals surface area contributed by atoms with Crippen LogP contribution in [0.4, 0.5) is 0 Å². The second kappa shape index (κ2) is 10.7. The summed E-state index contributed by atoms with van der Waals surface area (Å²) >= 11 is 0. The molecule has 0 saturated heterocycles. The van der Waals surface area contributed by atoms with Gasteiger partial charge in [-0.25, -0.2) is 0 Å². The Morgan fingerprint density at radius 3 is 2.35 bits per heavy atom. The van der Waals surface area contributed by atoms with Crippen molar-refractivity contribution in [1.29, 1.82) is 0 Å². The summed E-state index contributed by atoms with van der Waals surface area (Å²) in [6.45, 7) is 5.17. The molecule has 0 saturated carbocycles. The van der Waals surface area contributed by atoms with Gasteiger partial charge in [-0.3, -0.25) is 4.79 Å². The first-order valence-corrected chi connectivity index (χ1v) is 7.26. The normalized spacial score (nSPS) is 11.6. The number of carbonyl (C=O) groups excluding carboxylic acids is 1. The van der Waals surface area contributed by atoms with Crippen LogP contribution in [0.1, 0.15) is 38.7 Å². The summed E-state index contributed by atoms with van der Waals surface area (Å²) in [6, 6.07) is 10.6. The lowest BCUT2D eigenvalue weighted by atomic mass is 10.00. The number of carbonyl (C=O) groups is 1. The zero-order chi connectivity index (χ0) is 14.1. The Morgan fingerprint density at radius 2 is 1.85 bits per heavy atom. The van der Waals surface area contributed by atoms with Crippen LogP contribution in [0.2, 0.25) is 0 Å². The molecule has 0 aromatic heterocycles. The SMILES string of the molecule is CCCC(Cc1ccccc1)N(CCC)C(=O)CN.Cl. The third-order valence-electron chi connectivity index (χ3n) is 3.34. The molecule has 0 fully saturated rings. The van der Waals surface area contributed by atoms with Crippen LogP contribution in [0.3, 0.4) is 0 Å². The molecule has 1 amide bonds. The molecular weight excluding hydrogens is 272 g/mol. The molecule has 1 atom stereocenters. The topological polar surface area (TPSA) is 46.3 Å². The fourth-order valence-corrected chi connectivity index (χ4v) is 2.46. The highest BCUT2D eigenvalue weighted by molar-refractivity contribution is 5.85. The van der Waals surface area contributed by atoms with Crippen molar-refractivity contribution < 1.29 is 4.79 Å². The number of halogens is 1. The zero-order valence-electron chi connectivity index (χ0n) is 12.5. The zero-order valence-corrected chi connectivity index (χ0v) is 13.4. The lowest BCUT2D eigenvalue weighted by Crippen LogP contribution is -2.45. The first kappa shape index (κ1) is 18.9. The minimum Gasteiger partial charge on any atom is -0.338 e. The van der Waals surface area contributed by atoms with Gasteiger partial charge in [0, 0.05) is 12.6 Å². The van der Waals surface area contributed by atoms with Gasteiger partial charge in [-0.05, 0) is 24.8 Å². The number of hydrogen-bond donors (Lipinski definition) is 1. The van der Waals surface area contributed by atoms with E-state index < -0.39 is 0 Å². The smallest absolute Gasteiger partial charge is 0.236 e. The minimum absolute atomic E-state index is 0. The van der Waals surface area contributed by atoms with Crippen LogP contribution in [-0.4, -0.2) is 29.9 Å². The van der Waals surface area contributed by atoms with Gasteiger partial charge in [-0.1, -0.05) is 50.6 Å². The number of amides is 1. The first-order chi connectivity index (χ1) is 9.22. The molecule has 0 aliphatic rings. The van der Waals surface area contributed by atoms with Crippen molar-refractivity contribution in [2.75, 3.05) is 13.1 Å². The average molecular weight is 299 g/mol. The first-order valence-electron chi connectivity index (χ1n) is 7.26. The number of nitrogens with two attached hydrogens (primary N) is 1. The van der Waals surface area contributed by atoms with Crippen molar-refractivity contribution >= 4 is 18.3 Å². The van der Waals surface area contributed by atoms with Gasteiger partial charge in [0.25, 0.3) is 0 Å². The molecule has 114 valence electrons. The van der Waals surface area contributed by atoms with Gasteiger partial charge in [0.1, 0.15) is 0 Å². The molecule has 4 heteroatoms. The van der Waals surface area contributed by atoms with Crippen LogP contribution in [0.5, 0.6) is 0 Å². The molecule has 1 aromatic carbocycles. The van der Waals surface area contributed by atoms with Gasteiger partial charge < -0.3 is 10.6 Å². The highest BCUT2D eigenvalue weighted by atomic mass is 35.5. The quantitative estimate of drug-likeness (QED) is 0.802. The number of rotatable bonds is 8. The standard InChI is InChI=1S/C16H26N2O.ClH/c1-3-8-15(12-14-9-6-5-7-10-14)18(11-4-2)16(19)13-17;/h5-7,9-10,15H,3-4,8,11-13,17H2,1-2H3;1H. The van der Waals surface area contributed by atoms with E-state index in [-0.39, 0.29) is 30.9 Å². The summed E-state index contributed by atoms with van der Waals surface area (Å²) in [6.07, 6.45) is 4.00. The van der Waals surface area contributed by atoms with Crippen LogP contribution < -0.4 is 5.73 Å². The molecular formula is C16H27ClN2O. The van der Waals surface area contributed by atoms with E-state index in [9.17, 15) is 4.79 Å². The van der Waals surface area contributed by atoms with Gasteiger partial charge in [0.2, 0.25) is 5.91 Å². The molecule has 1 rings (SSSR count). The van der Waals surface area contributed by atoms with Crippen LogP contribution in [0, 0.1) is 0 Å². The molecule has 0 spiro atoms. The second-order valence-corrected chi connectivity index (χ2v) is 4.92. The minimum atomic E-state index is 0. The molecule has 1 aromatic rings. The highest BCUT2D eigenvalue weighted by Crippen LogP contribution is 2.15. The molecule has 0 aliphatic carbocycles. The van der Waals surface area contributed by atoms with Crippen molar-refractivity contribution in [3.63, 3.8) is 0 Å². The Morgan fingerprint density at radius 1 is 1.20 bits per heavy atom. The van der Waals surface area contributed by atoms with Gasteiger partial charge in [0.05, 0.1) is 6.54 Å². The lowest BCUT2D eigenvalue weighted by molar-refractivity contribution is -0.132. The van der Waals surface area contributed by atoms with Crippen LogP contribution in [-0.2, 0) is 11.2 Å².